The first kappa shape index (κ1) is 22.2. The highest BCUT2D eigenvalue weighted by atomic mass is 32.2. The largest absolute Gasteiger partial charge is 0.494 e. The van der Waals surface area contributed by atoms with Crippen molar-refractivity contribution in [1.82, 2.24) is 5.32 Å². The summed E-state index contributed by atoms with van der Waals surface area (Å²) in [5.74, 6) is 1.31. The van der Waals surface area contributed by atoms with Crippen molar-refractivity contribution in [2.75, 3.05) is 18.1 Å². The standard InChI is InChI=1S/C19H29NO5S/c1-14-7-5-8-15(13-14)24-10-6-11-26-12-9-16(17(21)22)20-18(23)25-19(2,3)4/h5,7-8,13,16H,6,9-12H2,1-4H3,(H,20,23)(H,21,22). The Hall–Kier alpha value is -1.89. The third-order valence-corrected chi connectivity index (χ3v) is 4.33. The van der Waals surface area contributed by atoms with E-state index in [0.717, 1.165) is 23.5 Å². The first-order chi connectivity index (χ1) is 12.2. The Morgan fingerprint density at radius 2 is 2.00 bits per heavy atom. The first-order valence-electron chi connectivity index (χ1n) is 8.67. The molecule has 0 radical (unpaired) electrons. The molecule has 7 heteroatoms. The summed E-state index contributed by atoms with van der Waals surface area (Å²) < 4.78 is 10.8. The number of benzene rings is 1. The molecule has 0 aliphatic carbocycles. The molecule has 0 aliphatic rings. The molecule has 6 nitrogen and oxygen atoms in total. The molecule has 0 saturated heterocycles. The third kappa shape index (κ3) is 10.2. The Bertz CT molecular complexity index is 586. The van der Waals surface area contributed by atoms with Crippen molar-refractivity contribution < 1.29 is 24.2 Å². The van der Waals surface area contributed by atoms with Crippen molar-refractivity contribution in [3.63, 3.8) is 0 Å². The Balaban J connectivity index is 2.19. The van der Waals surface area contributed by atoms with Gasteiger partial charge in [0.05, 0.1) is 6.61 Å². The van der Waals surface area contributed by atoms with E-state index in [1.807, 2.05) is 31.2 Å². The average molecular weight is 384 g/mol. The molecule has 0 aliphatic heterocycles. The Morgan fingerprint density at radius 1 is 1.27 bits per heavy atom. The SMILES string of the molecule is Cc1cccc(OCCCSCCC(NC(=O)OC(C)(C)C)C(=O)O)c1. The second-order valence-corrected chi connectivity index (χ2v) is 8.18. The zero-order valence-electron chi connectivity index (χ0n) is 15.9. The summed E-state index contributed by atoms with van der Waals surface area (Å²) in [5.41, 5.74) is 0.508. The number of carboxylic acid groups (broad SMARTS) is 1. The van der Waals surface area contributed by atoms with Crippen molar-refractivity contribution in [3.8, 4) is 5.75 Å². The molecule has 0 aromatic heterocycles. The molecule has 0 spiro atoms. The van der Waals surface area contributed by atoms with Gasteiger partial charge in [-0.3, -0.25) is 0 Å². The highest BCUT2D eigenvalue weighted by Gasteiger charge is 2.23. The number of rotatable bonds is 10. The molecule has 0 heterocycles. The monoisotopic (exact) mass is 383 g/mol. The summed E-state index contributed by atoms with van der Waals surface area (Å²) >= 11 is 1.64. The number of hydrogen-bond donors (Lipinski definition) is 2. The molecular weight excluding hydrogens is 354 g/mol. The van der Waals surface area contributed by atoms with Gasteiger partial charge in [-0.25, -0.2) is 9.59 Å². The van der Waals surface area contributed by atoms with Gasteiger partial charge >= 0.3 is 12.1 Å². The predicted molar refractivity (Wildman–Crippen MR) is 104 cm³/mol. The van der Waals surface area contributed by atoms with Crippen LogP contribution in [-0.2, 0) is 9.53 Å². The van der Waals surface area contributed by atoms with Gasteiger partial charge in [-0.1, -0.05) is 12.1 Å². The molecule has 0 bridgehead atoms. The van der Waals surface area contributed by atoms with Crippen LogP contribution >= 0.6 is 11.8 Å². The second kappa shape index (κ2) is 11.0. The van der Waals surface area contributed by atoms with Crippen LogP contribution in [0, 0.1) is 6.92 Å². The molecule has 1 atom stereocenters. The van der Waals surface area contributed by atoms with E-state index in [1.165, 1.54) is 0 Å². The van der Waals surface area contributed by atoms with E-state index in [0.29, 0.717) is 18.8 Å². The number of hydrogen-bond acceptors (Lipinski definition) is 5. The van der Waals surface area contributed by atoms with Gasteiger partial charge in [0.2, 0.25) is 0 Å². The van der Waals surface area contributed by atoms with Crippen LogP contribution in [-0.4, -0.2) is 46.9 Å². The van der Waals surface area contributed by atoms with Gasteiger partial charge in [0.1, 0.15) is 17.4 Å². The van der Waals surface area contributed by atoms with E-state index in [2.05, 4.69) is 5.32 Å². The van der Waals surface area contributed by atoms with Crippen molar-refractivity contribution in [2.24, 2.45) is 0 Å². The van der Waals surface area contributed by atoms with Crippen LogP contribution < -0.4 is 10.1 Å². The molecule has 1 unspecified atom stereocenters. The quantitative estimate of drug-likeness (QED) is 0.597. The number of amides is 1. The zero-order valence-corrected chi connectivity index (χ0v) is 16.7. The lowest BCUT2D eigenvalue weighted by atomic mass is 10.2. The van der Waals surface area contributed by atoms with Crippen LogP contribution in [0.3, 0.4) is 0 Å². The van der Waals surface area contributed by atoms with Crippen molar-refractivity contribution in [1.29, 1.82) is 0 Å². The lowest BCUT2D eigenvalue weighted by molar-refractivity contribution is -0.139. The van der Waals surface area contributed by atoms with E-state index < -0.39 is 23.7 Å². The summed E-state index contributed by atoms with van der Waals surface area (Å²) in [6.07, 6.45) is 0.509. The van der Waals surface area contributed by atoms with Gasteiger partial charge in [-0.2, -0.15) is 11.8 Å². The number of aliphatic carboxylic acids is 1. The molecule has 2 N–H and O–H groups in total. The topological polar surface area (TPSA) is 84.9 Å². The molecule has 26 heavy (non-hydrogen) atoms. The Morgan fingerprint density at radius 3 is 2.62 bits per heavy atom. The van der Waals surface area contributed by atoms with E-state index in [9.17, 15) is 14.7 Å². The Kier molecular flexibility index (Phi) is 9.34. The number of ether oxygens (including phenoxy) is 2. The van der Waals surface area contributed by atoms with Crippen LogP contribution in [0.4, 0.5) is 4.79 Å². The summed E-state index contributed by atoms with van der Waals surface area (Å²) in [6, 6.07) is 6.96. The molecule has 1 amide bonds. The maximum absolute atomic E-state index is 11.7. The summed E-state index contributed by atoms with van der Waals surface area (Å²) in [6.45, 7) is 7.84. The van der Waals surface area contributed by atoms with Crippen LogP contribution in [0.2, 0.25) is 0 Å². The van der Waals surface area contributed by atoms with E-state index >= 15 is 0 Å². The lowest BCUT2D eigenvalue weighted by Gasteiger charge is -2.21. The number of carbonyl (C=O) groups excluding carboxylic acids is 1. The number of carboxylic acids is 1. The van der Waals surface area contributed by atoms with Crippen molar-refractivity contribution in [2.45, 2.75) is 52.2 Å². The number of alkyl carbamates (subject to hydrolysis) is 1. The van der Waals surface area contributed by atoms with E-state index in [1.54, 1.807) is 32.5 Å². The number of nitrogens with one attached hydrogen (secondary N) is 1. The molecule has 0 fully saturated rings. The van der Waals surface area contributed by atoms with Gasteiger partial charge in [-0.15, -0.1) is 0 Å². The average Bonchev–Trinajstić information content (AvgIpc) is 2.51. The minimum absolute atomic E-state index is 0.345. The van der Waals surface area contributed by atoms with E-state index in [4.69, 9.17) is 9.47 Å². The van der Waals surface area contributed by atoms with Gasteiger partial charge in [-0.05, 0) is 69.7 Å². The molecule has 0 saturated carbocycles. The smallest absolute Gasteiger partial charge is 0.408 e. The summed E-state index contributed by atoms with van der Waals surface area (Å²) in [7, 11) is 0. The van der Waals surface area contributed by atoms with Crippen LogP contribution in [0.5, 0.6) is 5.75 Å². The fourth-order valence-corrected chi connectivity index (χ4v) is 3.00. The highest BCUT2D eigenvalue weighted by Crippen LogP contribution is 2.14. The number of thioether (sulfide) groups is 1. The van der Waals surface area contributed by atoms with Crippen LogP contribution in [0.25, 0.3) is 0 Å². The minimum Gasteiger partial charge on any atom is -0.494 e. The molecule has 1 aromatic rings. The molecule has 146 valence electrons. The zero-order chi connectivity index (χ0) is 19.6. The maximum Gasteiger partial charge on any atom is 0.408 e. The number of aryl methyl sites for hydroxylation is 1. The highest BCUT2D eigenvalue weighted by molar-refractivity contribution is 7.99. The normalized spacial score (nSPS) is 12.3. The van der Waals surface area contributed by atoms with Gasteiger partial charge in [0, 0.05) is 0 Å². The second-order valence-electron chi connectivity index (χ2n) is 6.96. The van der Waals surface area contributed by atoms with Gasteiger partial charge in [0.25, 0.3) is 0 Å². The van der Waals surface area contributed by atoms with Crippen molar-refractivity contribution >= 4 is 23.8 Å². The fourth-order valence-electron chi connectivity index (χ4n) is 2.07. The third-order valence-electron chi connectivity index (χ3n) is 3.23. The molecular formula is C19H29NO5S. The fraction of sp³-hybridized carbons (Fsp3) is 0.579. The van der Waals surface area contributed by atoms with Gasteiger partial charge < -0.3 is 19.9 Å². The van der Waals surface area contributed by atoms with Crippen LogP contribution in [0.1, 0.15) is 39.2 Å². The summed E-state index contributed by atoms with van der Waals surface area (Å²) in [4.78, 5) is 22.9. The molecule has 1 aromatic carbocycles. The maximum atomic E-state index is 11.7. The van der Waals surface area contributed by atoms with Crippen LogP contribution in [0.15, 0.2) is 24.3 Å². The summed E-state index contributed by atoms with van der Waals surface area (Å²) in [5, 5.41) is 11.6. The molecule has 1 rings (SSSR count). The van der Waals surface area contributed by atoms with E-state index in [-0.39, 0.29) is 0 Å². The first-order valence-corrected chi connectivity index (χ1v) is 9.82. The lowest BCUT2D eigenvalue weighted by Crippen LogP contribution is -2.43. The van der Waals surface area contributed by atoms with Gasteiger partial charge in [0.15, 0.2) is 0 Å². The Labute approximate surface area is 159 Å². The number of carbonyl (C=O) groups is 2. The van der Waals surface area contributed by atoms with Crippen molar-refractivity contribution in [3.05, 3.63) is 29.8 Å². The minimum atomic E-state index is -1.06. The predicted octanol–water partition coefficient (Wildman–Crippen LogP) is 3.87.